The van der Waals surface area contributed by atoms with Gasteiger partial charge in [-0.1, -0.05) is 0 Å². The lowest BCUT2D eigenvalue weighted by Crippen LogP contribution is -2.36. The average molecular weight is 323 g/mol. The molecule has 7 heteroatoms. The Kier molecular flexibility index (Phi) is 5.08. The highest BCUT2D eigenvalue weighted by Crippen LogP contribution is 2.18. The first kappa shape index (κ1) is 15.7. The zero-order valence-corrected chi connectivity index (χ0v) is 13.8. The molecule has 0 aliphatic rings. The molecule has 0 aromatic carbocycles. The Morgan fingerprint density at radius 2 is 2.19 bits per heavy atom. The number of rotatable bonds is 5. The predicted molar refractivity (Wildman–Crippen MR) is 86.0 cm³/mol. The van der Waals surface area contributed by atoms with E-state index in [2.05, 4.69) is 21.7 Å². The summed E-state index contributed by atoms with van der Waals surface area (Å²) < 4.78 is 0. The molecule has 0 spiro atoms. The van der Waals surface area contributed by atoms with Crippen molar-refractivity contribution in [1.82, 2.24) is 9.88 Å². The number of carbonyl (C=O) groups is 2. The summed E-state index contributed by atoms with van der Waals surface area (Å²) in [6.07, 6.45) is 0.814. The van der Waals surface area contributed by atoms with Crippen LogP contribution >= 0.6 is 22.7 Å². The third-order valence-electron chi connectivity index (χ3n) is 3.10. The van der Waals surface area contributed by atoms with Crippen molar-refractivity contribution < 1.29 is 9.59 Å². The molecular weight excluding hydrogens is 306 g/mol. The molecule has 2 amide bonds. The number of carbonyl (C=O) groups excluding carboxylic acids is 2. The van der Waals surface area contributed by atoms with E-state index in [4.69, 9.17) is 0 Å². The maximum absolute atomic E-state index is 12.4. The van der Waals surface area contributed by atoms with Crippen LogP contribution in [-0.2, 0) is 11.2 Å². The molecule has 2 heterocycles. The SMILES string of the molecule is CC(=O)Nc1nc(C(=O)N(C)[C@@H](C)Cc2ccsc2)cs1. The first-order valence-corrected chi connectivity index (χ1v) is 8.31. The third kappa shape index (κ3) is 4.12. The summed E-state index contributed by atoms with van der Waals surface area (Å²) in [7, 11) is 1.77. The minimum absolute atomic E-state index is 0.0815. The summed E-state index contributed by atoms with van der Waals surface area (Å²) in [5.41, 5.74) is 1.59. The van der Waals surface area contributed by atoms with E-state index >= 15 is 0 Å². The van der Waals surface area contributed by atoms with Crippen LogP contribution in [0.5, 0.6) is 0 Å². The molecule has 0 saturated carbocycles. The van der Waals surface area contributed by atoms with Crippen LogP contribution in [0.2, 0.25) is 0 Å². The van der Waals surface area contributed by atoms with Crippen LogP contribution in [-0.4, -0.2) is 34.8 Å². The first-order valence-electron chi connectivity index (χ1n) is 6.48. The molecule has 2 aromatic heterocycles. The summed E-state index contributed by atoms with van der Waals surface area (Å²) in [4.78, 5) is 29.2. The van der Waals surface area contributed by atoms with Gasteiger partial charge in [-0.05, 0) is 35.7 Å². The van der Waals surface area contributed by atoms with Gasteiger partial charge in [0.25, 0.3) is 5.91 Å². The smallest absolute Gasteiger partial charge is 0.273 e. The van der Waals surface area contributed by atoms with Crippen molar-refractivity contribution in [3.05, 3.63) is 33.5 Å². The Morgan fingerprint density at radius 3 is 2.81 bits per heavy atom. The minimum atomic E-state index is -0.192. The summed E-state index contributed by atoms with van der Waals surface area (Å²) in [6, 6.07) is 2.15. The normalized spacial score (nSPS) is 12.0. The average Bonchev–Trinajstić information content (AvgIpc) is 3.08. The number of anilines is 1. The molecule has 5 nitrogen and oxygen atoms in total. The highest BCUT2D eigenvalue weighted by molar-refractivity contribution is 7.14. The Labute approximate surface area is 131 Å². The summed E-state index contributed by atoms with van der Waals surface area (Å²) >= 11 is 2.90. The van der Waals surface area contributed by atoms with Gasteiger partial charge in [0.05, 0.1) is 0 Å². The zero-order valence-electron chi connectivity index (χ0n) is 12.1. The molecule has 0 aliphatic carbocycles. The van der Waals surface area contributed by atoms with Crippen LogP contribution in [0.15, 0.2) is 22.2 Å². The van der Waals surface area contributed by atoms with Crippen LogP contribution in [0.3, 0.4) is 0 Å². The standard InChI is InChI=1S/C14H17N3O2S2/c1-9(6-11-4-5-20-7-11)17(3)13(19)12-8-21-14(16-12)15-10(2)18/h4-5,7-9H,6H2,1-3H3,(H,15,16,18)/t9-/m0/s1. The van der Waals surface area contributed by atoms with Gasteiger partial charge in [-0.3, -0.25) is 9.59 Å². The minimum Gasteiger partial charge on any atom is -0.337 e. The van der Waals surface area contributed by atoms with E-state index in [1.165, 1.54) is 23.8 Å². The Balaban J connectivity index is 2.01. The van der Waals surface area contributed by atoms with Gasteiger partial charge in [-0.15, -0.1) is 11.3 Å². The van der Waals surface area contributed by atoms with E-state index < -0.39 is 0 Å². The van der Waals surface area contributed by atoms with E-state index in [1.54, 1.807) is 28.7 Å². The molecule has 2 rings (SSSR count). The Hall–Kier alpha value is -1.73. The largest absolute Gasteiger partial charge is 0.337 e. The first-order chi connectivity index (χ1) is 9.97. The summed E-state index contributed by atoms with van der Waals surface area (Å²) in [6.45, 7) is 3.43. The number of aromatic nitrogens is 1. The summed E-state index contributed by atoms with van der Waals surface area (Å²) in [5.74, 6) is -0.326. The van der Waals surface area contributed by atoms with Gasteiger partial charge in [0.15, 0.2) is 5.13 Å². The summed E-state index contributed by atoms with van der Waals surface area (Å²) in [5, 5.41) is 8.82. The van der Waals surface area contributed by atoms with Crippen molar-refractivity contribution >= 4 is 39.6 Å². The lowest BCUT2D eigenvalue weighted by atomic mass is 10.1. The van der Waals surface area contributed by atoms with Crippen LogP contribution in [0.4, 0.5) is 5.13 Å². The third-order valence-corrected chi connectivity index (χ3v) is 4.59. The molecule has 0 bridgehead atoms. The maximum atomic E-state index is 12.4. The van der Waals surface area contributed by atoms with Crippen molar-refractivity contribution in [3.63, 3.8) is 0 Å². The zero-order chi connectivity index (χ0) is 15.4. The van der Waals surface area contributed by atoms with Crippen molar-refractivity contribution in [2.24, 2.45) is 0 Å². The molecule has 0 aliphatic heterocycles. The van der Waals surface area contributed by atoms with E-state index in [9.17, 15) is 9.59 Å². The van der Waals surface area contributed by atoms with Crippen LogP contribution in [0.1, 0.15) is 29.9 Å². The molecule has 0 fully saturated rings. The van der Waals surface area contributed by atoms with Gasteiger partial charge >= 0.3 is 0 Å². The maximum Gasteiger partial charge on any atom is 0.273 e. The molecule has 0 saturated heterocycles. The number of nitrogens with one attached hydrogen (secondary N) is 1. The quantitative estimate of drug-likeness (QED) is 0.920. The molecule has 1 N–H and O–H groups in total. The Bertz CT molecular complexity index is 622. The van der Waals surface area contributed by atoms with E-state index in [-0.39, 0.29) is 17.9 Å². The van der Waals surface area contributed by atoms with E-state index in [0.29, 0.717) is 10.8 Å². The van der Waals surface area contributed by atoms with Gasteiger partial charge in [0, 0.05) is 25.4 Å². The number of likely N-dealkylation sites (N-methyl/N-ethyl adjacent to an activating group) is 1. The Morgan fingerprint density at radius 1 is 1.43 bits per heavy atom. The fourth-order valence-electron chi connectivity index (χ4n) is 1.85. The number of hydrogen-bond acceptors (Lipinski definition) is 5. The second kappa shape index (κ2) is 6.82. The molecule has 1 atom stereocenters. The molecular formula is C14H17N3O2S2. The number of amides is 2. The van der Waals surface area contributed by atoms with Crippen molar-refractivity contribution in [2.75, 3.05) is 12.4 Å². The van der Waals surface area contributed by atoms with Gasteiger partial charge in [-0.2, -0.15) is 11.3 Å². The highest BCUT2D eigenvalue weighted by atomic mass is 32.1. The number of hydrogen-bond donors (Lipinski definition) is 1. The van der Waals surface area contributed by atoms with E-state index in [0.717, 1.165) is 6.42 Å². The van der Waals surface area contributed by atoms with Gasteiger partial charge in [0.2, 0.25) is 5.91 Å². The lowest BCUT2D eigenvalue weighted by Gasteiger charge is -2.23. The van der Waals surface area contributed by atoms with Crippen LogP contribution in [0.25, 0.3) is 0 Å². The lowest BCUT2D eigenvalue weighted by molar-refractivity contribution is -0.114. The molecule has 112 valence electrons. The molecule has 21 heavy (non-hydrogen) atoms. The van der Waals surface area contributed by atoms with Crippen molar-refractivity contribution in [3.8, 4) is 0 Å². The predicted octanol–water partition coefficient (Wildman–Crippen LogP) is 2.87. The van der Waals surface area contributed by atoms with Crippen molar-refractivity contribution in [2.45, 2.75) is 26.3 Å². The number of nitrogens with zero attached hydrogens (tertiary/aromatic N) is 2. The number of thiophene rings is 1. The molecule has 2 aromatic rings. The monoisotopic (exact) mass is 323 g/mol. The fourth-order valence-corrected chi connectivity index (χ4v) is 3.26. The topological polar surface area (TPSA) is 62.3 Å². The molecule has 0 radical (unpaired) electrons. The highest BCUT2D eigenvalue weighted by Gasteiger charge is 2.20. The second-order valence-corrected chi connectivity index (χ2v) is 6.46. The second-order valence-electron chi connectivity index (χ2n) is 4.82. The fraction of sp³-hybridized carbons (Fsp3) is 0.357. The van der Waals surface area contributed by atoms with E-state index in [1.807, 2.05) is 12.3 Å². The van der Waals surface area contributed by atoms with Crippen LogP contribution in [0, 0.1) is 0 Å². The van der Waals surface area contributed by atoms with Gasteiger partial charge in [-0.25, -0.2) is 4.98 Å². The molecule has 0 unspecified atom stereocenters. The van der Waals surface area contributed by atoms with Gasteiger partial charge in [0.1, 0.15) is 5.69 Å². The number of thiazole rings is 1. The van der Waals surface area contributed by atoms with Gasteiger partial charge < -0.3 is 10.2 Å². The van der Waals surface area contributed by atoms with Crippen molar-refractivity contribution in [1.29, 1.82) is 0 Å². The van der Waals surface area contributed by atoms with Crippen LogP contribution < -0.4 is 5.32 Å².